The van der Waals surface area contributed by atoms with Gasteiger partial charge < -0.3 is 33.5 Å². The van der Waals surface area contributed by atoms with E-state index in [2.05, 4.69) is 6.92 Å². The van der Waals surface area contributed by atoms with Crippen molar-refractivity contribution in [2.75, 3.05) is 6.61 Å². The zero-order chi connectivity index (χ0) is 26.7. The van der Waals surface area contributed by atoms with Crippen LogP contribution in [0.5, 0.6) is 0 Å². The van der Waals surface area contributed by atoms with Crippen LogP contribution in [-0.4, -0.2) is 35.7 Å². The fourth-order valence-electron chi connectivity index (χ4n) is 5.18. The van der Waals surface area contributed by atoms with Crippen molar-refractivity contribution in [2.24, 2.45) is 0 Å². The van der Waals surface area contributed by atoms with Crippen LogP contribution in [0, 0.1) is 0 Å². The second-order valence-corrected chi connectivity index (χ2v) is 10.6. The molecule has 2 heterocycles. The summed E-state index contributed by atoms with van der Waals surface area (Å²) in [4.78, 5) is 25.9. The topological polar surface area (TPSA) is 59.7 Å². The Hall–Kier alpha value is -1.22. The molecule has 1 aromatic rings. The molecule has 2 atom stereocenters. The molecule has 1 aliphatic rings. The van der Waals surface area contributed by atoms with Crippen LogP contribution in [0.4, 0.5) is 4.79 Å². The summed E-state index contributed by atoms with van der Waals surface area (Å²) in [5.74, 6) is -0.316. The highest BCUT2D eigenvalue weighted by molar-refractivity contribution is 5.90. The number of amides is 2. The van der Waals surface area contributed by atoms with Crippen molar-refractivity contribution < 1.29 is 47.6 Å². The van der Waals surface area contributed by atoms with Crippen LogP contribution in [0.3, 0.4) is 0 Å². The molecule has 1 saturated heterocycles. The van der Waals surface area contributed by atoms with Crippen molar-refractivity contribution in [2.45, 2.75) is 149 Å². The summed E-state index contributed by atoms with van der Waals surface area (Å²) in [6.07, 6.45) is 22.3. The second-order valence-electron chi connectivity index (χ2n) is 10.6. The lowest BCUT2D eigenvalue weighted by molar-refractivity contribution is -0.701. The largest absolute Gasteiger partial charge is 1.00 e. The highest BCUT2D eigenvalue weighted by Crippen LogP contribution is 2.25. The van der Waals surface area contributed by atoms with Gasteiger partial charge in [-0.05, 0) is 26.2 Å². The summed E-state index contributed by atoms with van der Waals surface area (Å²) in [6.45, 7) is 6.89. The first-order valence-electron chi connectivity index (χ1n) is 15.1. The molecule has 0 N–H and O–H groups in total. The van der Waals surface area contributed by atoms with Gasteiger partial charge in [-0.25, -0.2) is 14.3 Å². The molecule has 1 aliphatic heterocycles. The van der Waals surface area contributed by atoms with Crippen LogP contribution in [0.25, 0.3) is 0 Å². The number of unbranched alkanes of at least 4 members (excludes halogenated alkanes) is 12. The quantitative estimate of drug-likeness (QED) is 0.126. The number of hydrogen-bond donors (Lipinski definition) is 0. The van der Waals surface area contributed by atoms with E-state index in [1.807, 2.05) is 35.9 Å². The molecule has 0 bridgehead atoms. The zero-order valence-corrected chi connectivity index (χ0v) is 26.5. The molecule has 0 aromatic carbocycles. The van der Waals surface area contributed by atoms with Gasteiger partial charge in [0.15, 0.2) is 6.20 Å². The smallest absolute Gasteiger partial charge is 0.417 e. The highest BCUT2D eigenvalue weighted by Gasteiger charge is 2.28. The Morgan fingerprint density at radius 1 is 0.895 bits per heavy atom. The molecule has 0 saturated carbocycles. The van der Waals surface area contributed by atoms with Gasteiger partial charge >= 0.3 is 6.09 Å². The van der Waals surface area contributed by atoms with Crippen LogP contribution in [0.15, 0.2) is 24.4 Å². The number of imide groups is 1. The Morgan fingerprint density at radius 2 is 1.47 bits per heavy atom. The lowest BCUT2D eigenvalue weighted by Gasteiger charge is -2.19. The average molecular weight is 645 g/mol. The van der Waals surface area contributed by atoms with E-state index in [4.69, 9.17) is 9.47 Å². The monoisotopic (exact) mass is 644 g/mol. The third kappa shape index (κ3) is 14.2. The first-order valence-corrected chi connectivity index (χ1v) is 15.1. The van der Waals surface area contributed by atoms with E-state index < -0.39 is 6.09 Å². The van der Waals surface area contributed by atoms with Crippen molar-refractivity contribution in [1.82, 2.24) is 4.90 Å². The predicted molar refractivity (Wildman–Crippen MR) is 148 cm³/mol. The molecule has 6 nitrogen and oxygen atoms in total. The number of aromatic nitrogens is 1. The first kappa shape index (κ1) is 34.8. The zero-order valence-electron chi connectivity index (χ0n) is 24.3. The number of ether oxygens (including phenoxy) is 2. The van der Waals surface area contributed by atoms with Gasteiger partial charge in [0.2, 0.25) is 11.6 Å². The standard InChI is InChI=1S/C31H53N2O4.HI/c1-4-6-7-8-9-10-11-12-13-14-15-16-17-21-29-22-23-30(37-29)26-36-31(35)33(27(3)34)25-28-20-18-19-24-32(28)5-2;/h18-20,24,29-30H,4-17,21-23,25-26H2,1-3H3;1H/q+1;/p-1. The normalized spacial score (nSPS) is 16.7. The van der Waals surface area contributed by atoms with Crippen LogP contribution in [0.1, 0.15) is 129 Å². The van der Waals surface area contributed by atoms with Crippen molar-refractivity contribution in [3.63, 3.8) is 0 Å². The molecule has 0 radical (unpaired) electrons. The maximum absolute atomic E-state index is 12.7. The van der Waals surface area contributed by atoms with Gasteiger partial charge in [0.05, 0.1) is 12.2 Å². The molecule has 0 aliphatic carbocycles. The SMILES string of the molecule is CCCCCCCCCCCCCCCC1CCC(COC(=O)N(Cc2cccc[n+]2CC)C(C)=O)O1.[I-]. The summed E-state index contributed by atoms with van der Waals surface area (Å²) in [5.41, 5.74) is 0.895. The third-order valence-electron chi connectivity index (χ3n) is 7.51. The number of carbonyl (C=O) groups is 2. The molecule has 0 spiro atoms. The van der Waals surface area contributed by atoms with E-state index >= 15 is 0 Å². The molecular weight excluding hydrogens is 591 g/mol. The summed E-state index contributed by atoms with van der Waals surface area (Å²) < 4.78 is 13.6. The molecule has 38 heavy (non-hydrogen) atoms. The summed E-state index contributed by atoms with van der Waals surface area (Å²) >= 11 is 0. The summed E-state index contributed by atoms with van der Waals surface area (Å²) in [5, 5.41) is 0. The van der Waals surface area contributed by atoms with Crippen molar-refractivity contribution in [1.29, 1.82) is 0 Å². The Labute approximate surface area is 249 Å². The fourth-order valence-corrected chi connectivity index (χ4v) is 5.18. The van der Waals surface area contributed by atoms with Crippen molar-refractivity contribution in [3.8, 4) is 0 Å². The molecule has 2 unspecified atom stereocenters. The molecule has 7 heteroatoms. The van der Waals surface area contributed by atoms with Gasteiger partial charge in [-0.15, -0.1) is 0 Å². The highest BCUT2D eigenvalue weighted by atomic mass is 127. The van der Waals surface area contributed by atoms with Crippen LogP contribution in [-0.2, 0) is 27.4 Å². The Bertz CT molecular complexity index is 776. The number of rotatable bonds is 19. The minimum Gasteiger partial charge on any atom is -1.00 e. The Kier molecular flexibility index (Phi) is 19.8. The molecular formula is C31H53IN2O4. The molecule has 1 fully saturated rings. The van der Waals surface area contributed by atoms with E-state index in [-0.39, 0.29) is 55.2 Å². The Balaban J connectivity index is 0.00000722. The van der Waals surface area contributed by atoms with Crippen LogP contribution >= 0.6 is 0 Å². The second kappa shape index (κ2) is 21.6. The maximum Gasteiger partial charge on any atom is 0.417 e. The fraction of sp³-hybridized carbons (Fsp3) is 0.774. The molecule has 2 amide bonds. The lowest BCUT2D eigenvalue weighted by Crippen LogP contribution is -3.00. The van der Waals surface area contributed by atoms with E-state index in [0.29, 0.717) is 0 Å². The summed E-state index contributed by atoms with van der Waals surface area (Å²) in [6, 6.07) is 5.78. The molecule has 1 aromatic heterocycles. The Morgan fingerprint density at radius 3 is 2.05 bits per heavy atom. The van der Waals surface area contributed by atoms with Crippen molar-refractivity contribution in [3.05, 3.63) is 30.1 Å². The van der Waals surface area contributed by atoms with Gasteiger partial charge in [-0.2, -0.15) is 0 Å². The number of nitrogens with zero attached hydrogens (tertiary/aromatic N) is 2. The van der Waals surface area contributed by atoms with Gasteiger partial charge in [0.25, 0.3) is 0 Å². The van der Waals surface area contributed by atoms with Gasteiger partial charge in [-0.1, -0.05) is 96.5 Å². The van der Waals surface area contributed by atoms with Gasteiger partial charge in [0, 0.05) is 19.1 Å². The lowest BCUT2D eigenvalue weighted by atomic mass is 10.0. The number of aryl methyl sites for hydroxylation is 1. The van der Waals surface area contributed by atoms with Gasteiger partial charge in [0.1, 0.15) is 19.7 Å². The number of pyridine rings is 1. The number of halogens is 1. The van der Waals surface area contributed by atoms with E-state index in [9.17, 15) is 9.59 Å². The minimum atomic E-state index is -0.595. The number of hydrogen-bond acceptors (Lipinski definition) is 4. The van der Waals surface area contributed by atoms with E-state index in [1.165, 1.54) is 95.3 Å². The maximum atomic E-state index is 12.7. The van der Waals surface area contributed by atoms with E-state index in [1.54, 1.807) is 0 Å². The van der Waals surface area contributed by atoms with Crippen molar-refractivity contribution >= 4 is 12.0 Å². The van der Waals surface area contributed by atoms with Crippen LogP contribution in [0.2, 0.25) is 0 Å². The minimum absolute atomic E-state index is 0. The van der Waals surface area contributed by atoms with Gasteiger partial charge in [-0.3, -0.25) is 4.79 Å². The van der Waals surface area contributed by atoms with E-state index in [0.717, 1.165) is 31.5 Å². The first-order chi connectivity index (χ1) is 18.0. The molecule has 218 valence electrons. The predicted octanol–water partition coefficient (Wildman–Crippen LogP) is 4.51. The third-order valence-corrected chi connectivity index (χ3v) is 7.51. The van der Waals surface area contributed by atoms with Crippen LogP contribution < -0.4 is 28.5 Å². The summed E-state index contributed by atoms with van der Waals surface area (Å²) in [7, 11) is 0. The molecule has 2 rings (SSSR count). The average Bonchev–Trinajstić information content (AvgIpc) is 3.36. The number of carbonyl (C=O) groups excluding carboxylic acids is 2.